The molecule has 2 aliphatic heterocycles. The minimum Gasteiger partial charge on any atom is -0.324 e. The highest BCUT2D eigenvalue weighted by molar-refractivity contribution is 7.89. The highest BCUT2D eigenvalue weighted by Gasteiger charge is 2.34. The van der Waals surface area contributed by atoms with E-state index < -0.39 is 22.0 Å². The minimum atomic E-state index is -3.96. The van der Waals surface area contributed by atoms with Gasteiger partial charge in [0.1, 0.15) is 0 Å². The number of nitrogens with zero attached hydrogens (tertiary/aromatic N) is 3. The van der Waals surface area contributed by atoms with Crippen LogP contribution in [-0.2, 0) is 30.8 Å². The Morgan fingerprint density at radius 1 is 1.03 bits per heavy atom. The lowest BCUT2D eigenvalue weighted by Gasteiger charge is -2.29. The van der Waals surface area contributed by atoms with E-state index in [1.807, 2.05) is 6.92 Å². The van der Waals surface area contributed by atoms with Crippen molar-refractivity contribution in [3.63, 3.8) is 0 Å². The smallest absolute Gasteiger partial charge is 0.243 e. The van der Waals surface area contributed by atoms with E-state index in [1.54, 1.807) is 48.2 Å². The Balaban J connectivity index is 1.59. The molecule has 2 unspecified atom stereocenters. The van der Waals surface area contributed by atoms with Crippen LogP contribution < -0.4 is 15.1 Å². The average Bonchev–Trinajstić information content (AvgIpc) is 3.02. The zero-order valence-electron chi connectivity index (χ0n) is 19.6. The fourth-order valence-corrected chi connectivity index (χ4v) is 5.92. The Bertz CT molecular complexity index is 1280. The third-order valence-corrected chi connectivity index (χ3v) is 8.10. The Hall–Kier alpha value is -3.24. The van der Waals surface area contributed by atoms with Crippen LogP contribution in [0.1, 0.15) is 32.8 Å². The van der Waals surface area contributed by atoms with Gasteiger partial charge in [0.05, 0.1) is 22.8 Å². The first kappa shape index (κ1) is 23.9. The molecule has 2 heterocycles. The molecular formula is C24H28N4O5S. The molecule has 3 amide bonds. The number of amides is 3. The summed E-state index contributed by atoms with van der Waals surface area (Å²) in [6, 6.07) is 11.2. The predicted molar refractivity (Wildman–Crippen MR) is 129 cm³/mol. The van der Waals surface area contributed by atoms with Crippen molar-refractivity contribution in [1.82, 2.24) is 4.31 Å². The molecule has 0 saturated carbocycles. The molecule has 0 saturated heterocycles. The van der Waals surface area contributed by atoms with E-state index in [9.17, 15) is 22.8 Å². The van der Waals surface area contributed by atoms with E-state index in [4.69, 9.17) is 0 Å². The maximum absolute atomic E-state index is 13.3. The summed E-state index contributed by atoms with van der Waals surface area (Å²) >= 11 is 0. The number of benzene rings is 2. The first-order valence-electron chi connectivity index (χ1n) is 11.1. The van der Waals surface area contributed by atoms with Crippen molar-refractivity contribution >= 4 is 44.8 Å². The third-order valence-electron chi connectivity index (χ3n) is 6.30. The number of nitrogens with one attached hydrogen (secondary N) is 1. The van der Waals surface area contributed by atoms with E-state index in [-0.39, 0.29) is 35.7 Å². The highest BCUT2D eigenvalue weighted by atomic mass is 32.2. The summed E-state index contributed by atoms with van der Waals surface area (Å²) in [5.41, 5.74) is 2.54. The molecule has 0 fully saturated rings. The Morgan fingerprint density at radius 2 is 1.71 bits per heavy atom. The number of hydrogen-bond acceptors (Lipinski definition) is 5. The van der Waals surface area contributed by atoms with E-state index >= 15 is 0 Å². The molecule has 2 aromatic rings. The lowest BCUT2D eigenvalue weighted by molar-refractivity contribution is -0.119. The van der Waals surface area contributed by atoms with E-state index in [0.29, 0.717) is 23.5 Å². The summed E-state index contributed by atoms with van der Waals surface area (Å²) in [6.45, 7) is 4.78. The third kappa shape index (κ3) is 4.19. The number of para-hydroxylation sites is 2. The molecule has 0 spiro atoms. The van der Waals surface area contributed by atoms with Gasteiger partial charge in [0, 0.05) is 38.2 Å². The fourth-order valence-electron chi connectivity index (χ4n) is 4.75. The molecule has 0 radical (unpaired) electrons. The molecular weight excluding hydrogens is 456 g/mol. The molecule has 2 aliphatic rings. The van der Waals surface area contributed by atoms with Gasteiger partial charge in [-0.1, -0.05) is 12.1 Å². The van der Waals surface area contributed by atoms with E-state index in [1.165, 1.54) is 24.9 Å². The predicted octanol–water partition coefficient (Wildman–Crippen LogP) is 2.37. The van der Waals surface area contributed by atoms with Crippen molar-refractivity contribution in [2.75, 3.05) is 28.7 Å². The van der Waals surface area contributed by atoms with Gasteiger partial charge in [-0.2, -0.15) is 4.31 Å². The molecule has 0 bridgehead atoms. The van der Waals surface area contributed by atoms with Crippen molar-refractivity contribution in [2.24, 2.45) is 0 Å². The second kappa shape index (κ2) is 8.84. The standard InChI is InChI=1S/C24H28N4O5S/c1-15-11-18-13-19(9-10-21(18)27(15)17(3)29)34(32,33)26(4)14-24(31)28-16(2)12-23(30)25-20-7-5-6-8-22(20)28/h5-10,13,15-16H,11-12,14H2,1-4H3,(H,25,30). The maximum atomic E-state index is 13.3. The average molecular weight is 485 g/mol. The minimum absolute atomic E-state index is 0.0503. The molecule has 2 aromatic carbocycles. The summed E-state index contributed by atoms with van der Waals surface area (Å²) in [7, 11) is -2.60. The Morgan fingerprint density at radius 3 is 2.41 bits per heavy atom. The summed E-state index contributed by atoms with van der Waals surface area (Å²) in [6.07, 6.45) is 0.663. The lowest BCUT2D eigenvalue weighted by atomic mass is 10.1. The molecule has 0 aliphatic carbocycles. The van der Waals surface area contributed by atoms with Gasteiger partial charge in [0.25, 0.3) is 0 Å². The van der Waals surface area contributed by atoms with Crippen molar-refractivity contribution in [3.05, 3.63) is 48.0 Å². The number of carbonyl (C=O) groups is 3. The molecule has 2 atom stereocenters. The first-order chi connectivity index (χ1) is 16.0. The molecule has 1 N–H and O–H groups in total. The normalized spacial score (nSPS) is 20.0. The van der Waals surface area contributed by atoms with Gasteiger partial charge in [0.15, 0.2) is 0 Å². The molecule has 9 nitrogen and oxygen atoms in total. The Labute approximate surface area is 199 Å². The number of sulfonamides is 1. The van der Waals surface area contributed by atoms with Crippen LogP contribution in [0.3, 0.4) is 0 Å². The van der Waals surface area contributed by atoms with Crippen LogP contribution in [0.15, 0.2) is 47.4 Å². The lowest BCUT2D eigenvalue weighted by Crippen LogP contribution is -2.45. The second-order valence-corrected chi connectivity index (χ2v) is 10.9. The zero-order valence-corrected chi connectivity index (χ0v) is 20.4. The van der Waals surface area contributed by atoms with Crippen LogP contribution in [0.2, 0.25) is 0 Å². The molecule has 34 heavy (non-hydrogen) atoms. The summed E-state index contributed by atoms with van der Waals surface area (Å²) in [5, 5.41) is 2.79. The van der Waals surface area contributed by atoms with Gasteiger partial charge >= 0.3 is 0 Å². The van der Waals surface area contributed by atoms with Gasteiger partial charge in [0.2, 0.25) is 27.7 Å². The van der Waals surface area contributed by atoms with Crippen LogP contribution in [0, 0.1) is 0 Å². The Kier molecular flexibility index (Phi) is 6.22. The number of likely N-dealkylation sites (N-methyl/N-ethyl adjacent to an activating group) is 1. The van der Waals surface area contributed by atoms with Crippen molar-refractivity contribution < 1.29 is 22.8 Å². The zero-order chi connectivity index (χ0) is 24.8. The van der Waals surface area contributed by atoms with Gasteiger partial charge < -0.3 is 15.1 Å². The highest BCUT2D eigenvalue weighted by Crippen LogP contribution is 2.35. The maximum Gasteiger partial charge on any atom is 0.243 e. The molecule has 0 aromatic heterocycles. The number of anilines is 3. The summed E-state index contributed by atoms with van der Waals surface area (Å²) < 4.78 is 27.6. The molecule has 10 heteroatoms. The number of carbonyl (C=O) groups excluding carboxylic acids is 3. The number of hydrogen-bond donors (Lipinski definition) is 1. The SMILES string of the molecule is CC(=O)N1c2ccc(S(=O)(=O)N(C)CC(=O)N3c4ccccc4NC(=O)CC3C)cc2CC1C. The van der Waals surface area contributed by atoms with Gasteiger partial charge in [-0.3, -0.25) is 14.4 Å². The topological polar surface area (TPSA) is 107 Å². The summed E-state index contributed by atoms with van der Waals surface area (Å²) in [5.74, 6) is -0.729. The quantitative estimate of drug-likeness (QED) is 0.717. The number of rotatable bonds is 4. The van der Waals surface area contributed by atoms with Crippen LogP contribution in [0.5, 0.6) is 0 Å². The summed E-state index contributed by atoms with van der Waals surface area (Å²) in [4.78, 5) is 40.7. The van der Waals surface area contributed by atoms with Crippen LogP contribution in [0.25, 0.3) is 0 Å². The van der Waals surface area contributed by atoms with E-state index in [2.05, 4.69) is 5.32 Å². The van der Waals surface area contributed by atoms with Gasteiger partial charge in [-0.05, 0) is 56.2 Å². The van der Waals surface area contributed by atoms with Crippen LogP contribution in [0.4, 0.5) is 17.1 Å². The van der Waals surface area contributed by atoms with Crippen LogP contribution >= 0.6 is 0 Å². The first-order valence-corrected chi connectivity index (χ1v) is 12.5. The van der Waals surface area contributed by atoms with Crippen molar-refractivity contribution in [1.29, 1.82) is 0 Å². The van der Waals surface area contributed by atoms with Gasteiger partial charge in [-0.15, -0.1) is 0 Å². The van der Waals surface area contributed by atoms with Crippen LogP contribution in [-0.4, -0.2) is 56.1 Å². The molecule has 4 rings (SSSR count). The molecule has 180 valence electrons. The number of fused-ring (bicyclic) bond motifs is 2. The fraction of sp³-hybridized carbons (Fsp3) is 0.375. The van der Waals surface area contributed by atoms with Crippen molar-refractivity contribution in [3.8, 4) is 0 Å². The van der Waals surface area contributed by atoms with Gasteiger partial charge in [-0.25, -0.2) is 8.42 Å². The largest absolute Gasteiger partial charge is 0.324 e. The van der Waals surface area contributed by atoms with Crippen molar-refractivity contribution in [2.45, 2.75) is 50.6 Å². The van der Waals surface area contributed by atoms with E-state index in [0.717, 1.165) is 9.87 Å². The monoisotopic (exact) mass is 484 g/mol. The second-order valence-electron chi connectivity index (χ2n) is 8.88.